The molecule has 7 nitrogen and oxygen atoms in total. The van der Waals surface area contributed by atoms with Crippen molar-refractivity contribution in [2.75, 3.05) is 33.4 Å². The van der Waals surface area contributed by atoms with E-state index in [0.717, 1.165) is 58.0 Å². The number of carbonyl (C=O) groups is 2. The van der Waals surface area contributed by atoms with Crippen LogP contribution in [0.25, 0.3) is 0 Å². The molecule has 0 spiro atoms. The summed E-state index contributed by atoms with van der Waals surface area (Å²) >= 11 is 0. The van der Waals surface area contributed by atoms with Crippen LogP contribution in [0.4, 0.5) is 0 Å². The van der Waals surface area contributed by atoms with Crippen molar-refractivity contribution in [1.29, 1.82) is 0 Å². The van der Waals surface area contributed by atoms with E-state index < -0.39 is 5.60 Å². The van der Waals surface area contributed by atoms with Gasteiger partial charge in [0.15, 0.2) is 0 Å². The lowest BCUT2D eigenvalue weighted by molar-refractivity contribution is -0.130. The lowest BCUT2D eigenvalue weighted by atomic mass is 9.57. The number of aliphatic hydroxyl groups is 1. The van der Waals surface area contributed by atoms with Gasteiger partial charge < -0.3 is 25.4 Å². The first-order chi connectivity index (χ1) is 15.0. The van der Waals surface area contributed by atoms with Gasteiger partial charge in [-0.15, -0.1) is 0 Å². The minimum Gasteiger partial charge on any atom is -0.390 e. The number of methoxy groups -OCH3 is 1. The maximum Gasteiger partial charge on any atom is 0.220 e. The summed E-state index contributed by atoms with van der Waals surface area (Å²) in [7, 11) is 1.64. The van der Waals surface area contributed by atoms with E-state index >= 15 is 0 Å². The Bertz CT molecular complexity index is 672. The normalized spacial score (nSPS) is 34.9. The average Bonchev–Trinajstić information content (AvgIpc) is 2.93. The molecule has 3 aliphatic rings. The molecule has 0 aromatic heterocycles. The SMILES string of the molecule is COCCNC(=O)CC[C@]12CC[C@](C)(O)C[C@H]1C(C)(C)C[C@@H]2NC1CCN(C(C)=O)CC1. The van der Waals surface area contributed by atoms with E-state index in [9.17, 15) is 14.7 Å². The minimum atomic E-state index is -0.631. The highest BCUT2D eigenvalue weighted by molar-refractivity contribution is 5.76. The van der Waals surface area contributed by atoms with Crippen molar-refractivity contribution in [1.82, 2.24) is 15.5 Å². The van der Waals surface area contributed by atoms with Gasteiger partial charge in [0.2, 0.25) is 11.8 Å². The van der Waals surface area contributed by atoms with Gasteiger partial charge in [0.05, 0.1) is 12.2 Å². The van der Waals surface area contributed by atoms with Crippen LogP contribution in [-0.2, 0) is 14.3 Å². The van der Waals surface area contributed by atoms with E-state index in [1.165, 1.54) is 0 Å². The predicted molar refractivity (Wildman–Crippen MR) is 125 cm³/mol. The molecular weight excluding hydrogens is 406 g/mol. The van der Waals surface area contributed by atoms with Crippen molar-refractivity contribution in [2.24, 2.45) is 16.7 Å². The van der Waals surface area contributed by atoms with Gasteiger partial charge in [0.1, 0.15) is 0 Å². The summed E-state index contributed by atoms with van der Waals surface area (Å²) < 4.78 is 5.05. The Morgan fingerprint density at radius 3 is 2.44 bits per heavy atom. The standard InChI is InChI=1S/C25H45N3O4/c1-18(29)28-13-7-19(8-14-28)27-21-17-23(2,3)20-16-24(4,31)10-11-25(20,21)9-6-22(30)26-12-15-32-5/h19-21,27,31H,6-17H2,1-5H3,(H,26,30)/t20-,21-,24-,25-/m0/s1. The van der Waals surface area contributed by atoms with E-state index in [4.69, 9.17) is 4.74 Å². The first-order valence-electron chi connectivity index (χ1n) is 12.5. The lowest BCUT2D eigenvalue weighted by Crippen LogP contribution is -2.55. The number of hydrogen-bond acceptors (Lipinski definition) is 5. The first-order valence-corrected chi connectivity index (χ1v) is 12.5. The van der Waals surface area contributed by atoms with E-state index in [1.54, 1.807) is 14.0 Å². The lowest BCUT2D eigenvalue weighted by Gasteiger charge is -2.51. The van der Waals surface area contributed by atoms with Crippen molar-refractivity contribution < 1.29 is 19.4 Å². The fraction of sp³-hybridized carbons (Fsp3) is 0.920. The summed E-state index contributed by atoms with van der Waals surface area (Å²) in [5, 5.41) is 17.9. The number of piperidine rings is 1. The highest BCUT2D eigenvalue weighted by Crippen LogP contribution is 2.64. The zero-order chi connectivity index (χ0) is 23.6. The highest BCUT2D eigenvalue weighted by Gasteiger charge is 2.61. The fourth-order valence-corrected chi connectivity index (χ4v) is 6.84. The van der Waals surface area contributed by atoms with Crippen LogP contribution in [-0.4, -0.2) is 72.9 Å². The third-order valence-electron chi connectivity index (χ3n) is 8.66. The molecule has 0 unspecified atom stereocenters. The van der Waals surface area contributed by atoms with Crippen molar-refractivity contribution in [3.05, 3.63) is 0 Å². The van der Waals surface area contributed by atoms with E-state index in [1.807, 2.05) is 11.8 Å². The molecule has 2 amide bonds. The van der Waals surface area contributed by atoms with Crippen LogP contribution in [0.3, 0.4) is 0 Å². The number of rotatable bonds is 8. The summed E-state index contributed by atoms with van der Waals surface area (Å²) in [6.45, 7) is 11.0. The smallest absolute Gasteiger partial charge is 0.220 e. The molecule has 3 fully saturated rings. The number of nitrogens with zero attached hydrogens (tertiary/aromatic N) is 1. The van der Waals surface area contributed by atoms with Crippen LogP contribution < -0.4 is 10.6 Å². The Morgan fingerprint density at radius 2 is 1.81 bits per heavy atom. The number of likely N-dealkylation sites (tertiary alicyclic amines) is 1. The van der Waals surface area contributed by atoms with Gasteiger partial charge in [-0.2, -0.15) is 0 Å². The molecular formula is C25H45N3O4. The second-order valence-electron chi connectivity index (χ2n) is 11.5. The highest BCUT2D eigenvalue weighted by atomic mass is 16.5. The molecule has 1 saturated heterocycles. The Labute approximate surface area is 194 Å². The molecule has 0 aromatic rings. The number of fused-ring (bicyclic) bond motifs is 1. The third-order valence-corrected chi connectivity index (χ3v) is 8.66. The first kappa shape index (κ1) is 25.4. The Morgan fingerprint density at radius 1 is 1.12 bits per heavy atom. The molecule has 7 heteroatoms. The van der Waals surface area contributed by atoms with Crippen molar-refractivity contribution in [3.8, 4) is 0 Å². The van der Waals surface area contributed by atoms with E-state index in [2.05, 4.69) is 24.5 Å². The topological polar surface area (TPSA) is 90.9 Å². The number of carbonyl (C=O) groups excluding carboxylic acids is 2. The number of nitrogens with one attached hydrogen (secondary N) is 2. The van der Waals surface area contributed by atoms with Gasteiger partial charge in [-0.1, -0.05) is 13.8 Å². The van der Waals surface area contributed by atoms with Gasteiger partial charge in [-0.25, -0.2) is 0 Å². The van der Waals surface area contributed by atoms with Gasteiger partial charge in [0, 0.05) is 52.2 Å². The molecule has 2 saturated carbocycles. The Balaban J connectivity index is 1.74. The molecule has 0 aromatic carbocycles. The molecule has 4 atom stereocenters. The van der Waals surface area contributed by atoms with Crippen LogP contribution in [0.5, 0.6) is 0 Å². The monoisotopic (exact) mass is 451 g/mol. The zero-order valence-electron chi connectivity index (χ0n) is 20.8. The van der Waals surface area contributed by atoms with Crippen molar-refractivity contribution in [2.45, 2.75) is 96.7 Å². The third kappa shape index (κ3) is 5.65. The largest absolute Gasteiger partial charge is 0.390 e. The molecule has 1 aliphatic heterocycles. The molecule has 32 heavy (non-hydrogen) atoms. The quantitative estimate of drug-likeness (QED) is 0.493. The summed E-state index contributed by atoms with van der Waals surface area (Å²) in [6.07, 6.45) is 6.91. The number of amides is 2. The van der Waals surface area contributed by atoms with E-state index in [0.29, 0.717) is 37.6 Å². The molecule has 1 heterocycles. The van der Waals surface area contributed by atoms with Crippen molar-refractivity contribution in [3.63, 3.8) is 0 Å². The summed E-state index contributed by atoms with van der Waals surface area (Å²) in [5.74, 6) is 0.627. The molecule has 184 valence electrons. The summed E-state index contributed by atoms with van der Waals surface area (Å²) in [4.78, 5) is 26.2. The predicted octanol–water partition coefficient (Wildman–Crippen LogP) is 2.47. The van der Waals surface area contributed by atoms with Crippen LogP contribution in [0.15, 0.2) is 0 Å². The second kappa shape index (κ2) is 9.98. The summed E-state index contributed by atoms with van der Waals surface area (Å²) in [5.41, 5.74) is -0.509. The van der Waals surface area contributed by atoms with Gasteiger partial charge >= 0.3 is 0 Å². The van der Waals surface area contributed by atoms with Crippen LogP contribution in [0.2, 0.25) is 0 Å². The molecule has 0 radical (unpaired) electrons. The fourth-order valence-electron chi connectivity index (χ4n) is 6.84. The maximum atomic E-state index is 12.6. The van der Waals surface area contributed by atoms with E-state index in [-0.39, 0.29) is 22.6 Å². The van der Waals surface area contributed by atoms with Gasteiger partial charge in [-0.05, 0) is 68.6 Å². The van der Waals surface area contributed by atoms with Crippen LogP contribution in [0, 0.1) is 16.7 Å². The number of hydrogen-bond donors (Lipinski definition) is 3. The summed E-state index contributed by atoms with van der Waals surface area (Å²) in [6, 6.07) is 0.735. The van der Waals surface area contributed by atoms with Crippen LogP contribution in [0.1, 0.15) is 79.1 Å². The van der Waals surface area contributed by atoms with Gasteiger partial charge in [-0.3, -0.25) is 9.59 Å². The number of ether oxygens (including phenoxy) is 1. The zero-order valence-corrected chi connectivity index (χ0v) is 20.8. The molecule has 2 aliphatic carbocycles. The average molecular weight is 452 g/mol. The Kier molecular flexibility index (Phi) is 7.93. The van der Waals surface area contributed by atoms with Crippen molar-refractivity contribution >= 4 is 11.8 Å². The molecule has 3 rings (SSSR count). The Hall–Kier alpha value is -1.18. The second-order valence-corrected chi connectivity index (χ2v) is 11.5. The van der Waals surface area contributed by atoms with Gasteiger partial charge in [0.25, 0.3) is 0 Å². The maximum absolute atomic E-state index is 12.6. The molecule has 3 N–H and O–H groups in total. The minimum absolute atomic E-state index is 0.0159. The molecule has 0 bridgehead atoms. The van der Waals surface area contributed by atoms with Crippen LogP contribution >= 0.6 is 0 Å².